The third-order valence-electron chi connectivity index (χ3n) is 6.76. The third kappa shape index (κ3) is 5.18. The molecule has 5 nitrogen and oxygen atoms in total. The zero-order chi connectivity index (χ0) is 20.9. The minimum Gasteiger partial charge on any atom is -0.378 e. The van der Waals surface area contributed by atoms with Gasteiger partial charge in [-0.3, -0.25) is 4.79 Å². The van der Waals surface area contributed by atoms with E-state index in [1.54, 1.807) is 0 Å². The number of anilines is 2. The largest absolute Gasteiger partial charge is 0.378 e. The Morgan fingerprint density at radius 1 is 1.13 bits per heavy atom. The van der Waals surface area contributed by atoms with Crippen LogP contribution in [0.5, 0.6) is 0 Å². The number of hydrogen-bond donors (Lipinski definition) is 1. The first-order chi connectivity index (χ1) is 14.6. The fraction of sp³-hybridized carbons (Fsp3) is 0.640. The summed E-state index contributed by atoms with van der Waals surface area (Å²) in [6, 6.07) is 2.47. The normalized spacial score (nSPS) is 26.9. The van der Waals surface area contributed by atoms with Crippen molar-refractivity contribution in [3.8, 4) is 0 Å². The highest BCUT2D eigenvalue weighted by atomic mass is 16.5. The number of aromatic nitrogens is 1. The van der Waals surface area contributed by atoms with Crippen molar-refractivity contribution in [1.29, 1.82) is 0 Å². The first-order valence-electron chi connectivity index (χ1n) is 11.8. The van der Waals surface area contributed by atoms with Gasteiger partial charge in [-0.1, -0.05) is 38.2 Å². The maximum absolute atomic E-state index is 13.2. The average Bonchev–Trinajstić information content (AvgIpc) is 2.78. The van der Waals surface area contributed by atoms with Crippen molar-refractivity contribution in [2.24, 2.45) is 17.8 Å². The maximum atomic E-state index is 13.2. The number of allylic oxidation sites excluding steroid dienone is 4. The van der Waals surface area contributed by atoms with E-state index in [0.717, 1.165) is 63.0 Å². The van der Waals surface area contributed by atoms with Gasteiger partial charge >= 0.3 is 0 Å². The molecule has 3 aliphatic rings. The number of hydrogen-bond acceptors (Lipinski definition) is 4. The number of nitrogens with one attached hydrogen (secondary N) is 1. The van der Waals surface area contributed by atoms with Gasteiger partial charge in [-0.05, 0) is 55.9 Å². The molecular formula is C25H37N3O2. The Bertz CT molecular complexity index is 812. The number of morpholine rings is 1. The summed E-state index contributed by atoms with van der Waals surface area (Å²) in [5.74, 6) is 1.91. The van der Waals surface area contributed by atoms with Crippen LogP contribution in [0, 0.1) is 17.8 Å². The molecule has 0 radical (unpaired) electrons. The van der Waals surface area contributed by atoms with E-state index in [1.807, 2.05) is 10.8 Å². The number of pyridine rings is 1. The molecule has 0 spiro atoms. The SMILES string of the molecule is CC(C)Cn1cc(N2CCOCC2)cc(N[C@H]2CC[C@@H](C3C=CC=CC3)CC2)c1=O. The van der Waals surface area contributed by atoms with E-state index in [2.05, 4.69) is 54.4 Å². The van der Waals surface area contributed by atoms with Crippen molar-refractivity contribution in [1.82, 2.24) is 4.57 Å². The zero-order valence-electron chi connectivity index (χ0n) is 18.6. The first-order valence-corrected chi connectivity index (χ1v) is 11.8. The Balaban J connectivity index is 1.46. The molecule has 1 saturated carbocycles. The molecule has 0 amide bonds. The van der Waals surface area contributed by atoms with Gasteiger partial charge in [0.2, 0.25) is 0 Å². The van der Waals surface area contributed by atoms with E-state index in [1.165, 1.54) is 19.3 Å². The topological polar surface area (TPSA) is 46.5 Å². The quantitative estimate of drug-likeness (QED) is 0.752. The highest BCUT2D eigenvalue weighted by molar-refractivity contribution is 5.56. The summed E-state index contributed by atoms with van der Waals surface area (Å²) in [5.41, 5.74) is 2.01. The molecule has 5 heteroatoms. The van der Waals surface area contributed by atoms with Gasteiger partial charge in [0.1, 0.15) is 5.69 Å². The lowest BCUT2D eigenvalue weighted by Crippen LogP contribution is -2.38. The fourth-order valence-corrected chi connectivity index (χ4v) is 5.11. The Labute approximate surface area is 180 Å². The lowest BCUT2D eigenvalue weighted by atomic mass is 9.76. The predicted octanol–water partition coefficient (Wildman–Crippen LogP) is 4.44. The highest BCUT2D eigenvalue weighted by Gasteiger charge is 2.27. The molecule has 1 N–H and O–H groups in total. The van der Waals surface area contributed by atoms with Gasteiger partial charge in [-0.2, -0.15) is 0 Å². The van der Waals surface area contributed by atoms with E-state index >= 15 is 0 Å². The van der Waals surface area contributed by atoms with Crippen LogP contribution in [0.3, 0.4) is 0 Å². The van der Waals surface area contributed by atoms with Crippen LogP contribution in [0.4, 0.5) is 11.4 Å². The number of ether oxygens (including phenoxy) is 1. The van der Waals surface area contributed by atoms with Crippen molar-refractivity contribution in [3.63, 3.8) is 0 Å². The molecule has 164 valence electrons. The van der Waals surface area contributed by atoms with Crippen LogP contribution in [0.15, 0.2) is 41.4 Å². The summed E-state index contributed by atoms with van der Waals surface area (Å²) in [5, 5.41) is 3.64. The van der Waals surface area contributed by atoms with E-state index in [0.29, 0.717) is 17.9 Å². The van der Waals surface area contributed by atoms with Crippen LogP contribution in [-0.4, -0.2) is 36.9 Å². The van der Waals surface area contributed by atoms with E-state index in [-0.39, 0.29) is 5.56 Å². The summed E-state index contributed by atoms with van der Waals surface area (Å²) in [6.45, 7) is 8.34. The van der Waals surface area contributed by atoms with Crippen molar-refractivity contribution in [2.45, 2.75) is 58.5 Å². The fourth-order valence-electron chi connectivity index (χ4n) is 5.11. The highest BCUT2D eigenvalue weighted by Crippen LogP contribution is 2.35. The van der Waals surface area contributed by atoms with Crippen LogP contribution in [0.1, 0.15) is 46.0 Å². The average molecular weight is 412 g/mol. The predicted molar refractivity (Wildman–Crippen MR) is 124 cm³/mol. The van der Waals surface area contributed by atoms with Crippen LogP contribution in [0.25, 0.3) is 0 Å². The van der Waals surface area contributed by atoms with E-state index in [4.69, 9.17) is 4.74 Å². The van der Waals surface area contributed by atoms with Crippen molar-refractivity contribution in [3.05, 3.63) is 46.9 Å². The zero-order valence-corrected chi connectivity index (χ0v) is 18.6. The Morgan fingerprint density at radius 2 is 1.90 bits per heavy atom. The van der Waals surface area contributed by atoms with Gasteiger partial charge in [0.05, 0.1) is 18.9 Å². The van der Waals surface area contributed by atoms with Crippen molar-refractivity contribution in [2.75, 3.05) is 36.5 Å². The van der Waals surface area contributed by atoms with Crippen LogP contribution >= 0.6 is 0 Å². The molecule has 4 rings (SSSR count). The molecule has 2 fully saturated rings. The molecule has 1 saturated heterocycles. The second-order valence-corrected chi connectivity index (χ2v) is 9.53. The Morgan fingerprint density at radius 3 is 2.57 bits per heavy atom. The smallest absolute Gasteiger partial charge is 0.274 e. The summed E-state index contributed by atoms with van der Waals surface area (Å²) in [6.07, 6.45) is 17.0. The Hall–Kier alpha value is -2.01. The third-order valence-corrected chi connectivity index (χ3v) is 6.76. The van der Waals surface area contributed by atoms with E-state index in [9.17, 15) is 4.79 Å². The monoisotopic (exact) mass is 411 g/mol. The lowest BCUT2D eigenvalue weighted by molar-refractivity contribution is 0.122. The summed E-state index contributed by atoms with van der Waals surface area (Å²) < 4.78 is 7.42. The van der Waals surface area contributed by atoms with Gasteiger partial charge in [0, 0.05) is 31.9 Å². The van der Waals surface area contributed by atoms with Crippen LogP contribution in [-0.2, 0) is 11.3 Å². The van der Waals surface area contributed by atoms with Crippen molar-refractivity contribution >= 4 is 11.4 Å². The molecule has 1 aromatic heterocycles. The van der Waals surface area contributed by atoms with Crippen molar-refractivity contribution < 1.29 is 4.74 Å². The molecule has 2 heterocycles. The molecule has 30 heavy (non-hydrogen) atoms. The summed E-state index contributed by atoms with van der Waals surface area (Å²) >= 11 is 0. The number of nitrogens with zero attached hydrogens (tertiary/aromatic N) is 2. The first kappa shape index (κ1) is 21.2. The minimum atomic E-state index is 0.114. The second kappa shape index (κ2) is 9.86. The molecule has 1 aliphatic heterocycles. The molecule has 1 atom stereocenters. The molecule has 0 bridgehead atoms. The van der Waals surface area contributed by atoms with Gasteiger partial charge in [-0.25, -0.2) is 0 Å². The minimum absolute atomic E-state index is 0.114. The maximum Gasteiger partial charge on any atom is 0.274 e. The molecule has 1 unspecified atom stereocenters. The van der Waals surface area contributed by atoms with Gasteiger partial charge in [0.15, 0.2) is 0 Å². The molecule has 1 aromatic rings. The molecule has 0 aromatic carbocycles. The molecule has 2 aliphatic carbocycles. The summed E-state index contributed by atoms with van der Waals surface area (Å²) in [4.78, 5) is 15.5. The van der Waals surface area contributed by atoms with Gasteiger partial charge in [0.25, 0.3) is 5.56 Å². The van der Waals surface area contributed by atoms with Gasteiger partial charge in [-0.15, -0.1) is 0 Å². The Kier molecular flexibility index (Phi) is 6.98. The summed E-state index contributed by atoms with van der Waals surface area (Å²) in [7, 11) is 0. The van der Waals surface area contributed by atoms with E-state index < -0.39 is 0 Å². The molecular weight excluding hydrogens is 374 g/mol. The van der Waals surface area contributed by atoms with Gasteiger partial charge < -0.3 is 19.5 Å². The second-order valence-electron chi connectivity index (χ2n) is 9.53. The lowest BCUT2D eigenvalue weighted by Gasteiger charge is -2.34. The van der Waals surface area contributed by atoms with Crippen LogP contribution < -0.4 is 15.8 Å². The van der Waals surface area contributed by atoms with Crippen LogP contribution in [0.2, 0.25) is 0 Å². The standard InChI is InChI=1S/C25H37N3O2/c1-19(2)17-28-18-23(27-12-14-30-15-13-27)16-24(25(28)29)26-22-10-8-21(9-11-22)20-6-4-3-5-7-20/h3-6,16,18-22,26H,7-15,17H2,1-2H3/t20?,21-,22+. The number of rotatable bonds is 6.